The van der Waals surface area contributed by atoms with Gasteiger partial charge in [-0.15, -0.1) is 5.10 Å². The molecule has 1 N–H and O–H groups in total. The van der Waals surface area contributed by atoms with Crippen molar-refractivity contribution in [2.75, 3.05) is 5.32 Å². The van der Waals surface area contributed by atoms with Crippen LogP contribution in [0.15, 0.2) is 43.1 Å². The van der Waals surface area contributed by atoms with Gasteiger partial charge in [-0.1, -0.05) is 23.7 Å². The molecule has 1 amide bonds. The molecule has 1 aromatic carbocycles. The van der Waals surface area contributed by atoms with Crippen molar-refractivity contribution in [1.29, 1.82) is 0 Å². The third-order valence-electron chi connectivity index (χ3n) is 3.45. The first-order valence-electron chi connectivity index (χ1n) is 7.50. The van der Waals surface area contributed by atoms with E-state index >= 15 is 0 Å². The van der Waals surface area contributed by atoms with Crippen LogP contribution in [0.1, 0.15) is 35.9 Å². The Morgan fingerprint density at radius 1 is 1.21 bits per heavy atom. The molecule has 0 radical (unpaired) electrons. The monoisotopic (exact) mass is 344 g/mol. The van der Waals surface area contributed by atoms with Crippen molar-refractivity contribution in [2.45, 2.75) is 26.4 Å². The molecule has 0 fully saturated rings. The Balaban J connectivity index is 1.64. The zero-order chi connectivity index (χ0) is 17.1. The van der Waals surface area contributed by atoms with Crippen LogP contribution >= 0.6 is 11.6 Å². The fourth-order valence-corrected chi connectivity index (χ4v) is 2.23. The summed E-state index contributed by atoms with van der Waals surface area (Å²) in [4.78, 5) is 20.4. The van der Waals surface area contributed by atoms with E-state index in [1.807, 2.05) is 42.7 Å². The van der Waals surface area contributed by atoms with Crippen molar-refractivity contribution >= 4 is 23.5 Å². The normalized spacial score (nSPS) is 11.0. The summed E-state index contributed by atoms with van der Waals surface area (Å²) < 4.78 is 3.51. The number of benzene rings is 1. The van der Waals surface area contributed by atoms with E-state index in [1.165, 1.54) is 0 Å². The molecular weight excluding hydrogens is 328 g/mol. The minimum absolute atomic E-state index is 0.244. The van der Waals surface area contributed by atoms with E-state index < -0.39 is 0 Å². The van der Waals surface area contributed by atoms with Gasteiger partial charge in [0, 0.05) is 17.3 Å². The largest absolute Gasteiger partial charge is 0.334 e. The molecule has 0 spiro atoms. The summed E-state index contributed by atoms with van der Waals surface area (Å²) in [6.45, 7) is 4.58. The minimum Gasteiger partial charge on any atom is -0.334 e. The molecule has 0 saturated carbocycles. The number of hydrogen-bond donors (Lipinski definition) is 1. The zero-order valence-corrected chi connectivity index (χ0v) is 14.1. The number of imidazole rings is 1. The van der Waals surface area contributed by atoms with Crippen LogP contribution < -0.4 is 5.32 Å². The Hall–Kier alpha value is -2.67. The van der Waals surface area contributed by atoms with E-state index in [9.17, 15) is 4.79 Å². The maximum atomic E-state index is 12.2. The summed E-state index contributed by atoms with van der Waals surface area (Å²) in [5.41, 5.74) is 1.37. The summed E-state index contributed by atoms with van der Waals surface area (Å²) >= 11 is 5.87. The molecule has 24 heavy (non-hydrogen) atoms. The van der Waals surface area contributed by atoms with Crippen LogP contribution in [-0.2, 0) is 6.54 Å². The van der Waals surface area contributed by atoms with Crippen molar-refractivity contribution < 1.29 is 4.79 Å². The smallest absolute Gasteiger partial charge is 0.278 e. The number of amides is 1. The number of rotatable bonds is 5. The van der Waals surface area contributed by atoms with Crippen molar-refractivity contribution in [1.82, 2.24) is 24.3 Å². The lowest BCUT2D eigenvalue weighted by Gasteiger charge is -2.03. The molecule has 0 aliphatic heterocycles. The highest BCUT2D eigenvalue weighted by Gasteiger charge is 2.13. The first-order valence-corrected chi connectivity index (χ1v) is 7.88. The van der Waals surface area contributed by atoms with Gasteiger partial charge >= 0.3 is 0 Å². The SMILES string of the molecule is CC(C)n1cnc(C(=O)Nc2ncn(Cc3ccc(Cl)cc3)n2)c1. The van der Waals surface area contributed by atoms with Crippen LogP contribution in [-0.4, -0.2) is 30.2 Å². The number of nitrogens with zero attached hydrogens (tertiary/aromatic N) is 5. The fourth-order valence-electron chi connectivity index (χ4n) is 2.11. The molecule has 0 saturated heterocycles. The average Bonchev–Trinajstić information content (AvgIpc) is 3.19. The molecular formula is C16H17ClN6O. The van der Waals surface area contributed by atoms with Gasteiger partial charge in [-0.25, -0.2) is 14.6 Å². The van der Waals surface area contributed by atoms with Crippen molar-refractivity contribution in [3.63, 3.8) is 0 Å². The first-order chi connectivity index (χ1) is 11.5. The maximum Gasteiger partial charge on any atom is 0.278 e. The molecule has 8 heteroatoms. The lowest BCUT2D eigenvalue weighted by atomic mass is 10.2. The van der Waals surface area contributed by atoms with Crippen LogP contribution in [0.2, 0.25) is 5.02 Å². The molecule has 3 aromatic rings. The first kappa shape index (κ1) is 16.2. The molecule has 0 aliphatic rings. The number of nitrogens with one attached hydrogen (secondary N) is 1. The van der Waals surface area contributed by atoms with Gasteiger partial charge in [-0.2, -0.15) is 0 Å². The van der Waals surface area contributed by atoms with Crippen LogP contribution in [0.5, 0.6) is 0 Å². The Bertz CT molecular complexity index is 836. The van der Waals surface area contributed by atoms with Gasteiger partial charge in [0.1, 0.15) is 12.0 Å². The van der Waals surface area contributed by atoms with E-state index in [-0.39, 0.29) is 17.9 Å². The molecule has 0 bridgehead atoms. The summed E-state index contributed by atoms with van der Waals surface area (Å²) in [6, 6.07) is 7.72. The lowest BCUT2D eigenvalue weighted by molar-refractivity contribution is 0.102. The van der Waals surface area contributed by atoms with Crippen LogP contribution in [0.25, 0.3) is 0 Å². The molecule has 7 nitrogen and oxygen atoms in total. The summed E-state index contributed by atoms with van der Waals surface area (Å²) in [6.07, 6.45) is 4.90. The molecule has 0 atom stereocenters. The second kappa shape index (κ2) is 6.84. The number of halogens is 1. The number of aromatic nitrogens is 5. The highest BCUT2D eigenvalue weighted by Crippen LogP contribution is 2.11. The fraction of sp³-hybridized carbons (Fsp3) is 0.250. The second-order valence-corrected chi connectivity index (χ2v) is 6.08. The number of anilines is 1. The van der Waals surface area contributed by atoms with Gasteiger partial charge in [-0.05, 0) is 31.5 Å². The Morgan fingerprint density at radius 2 is 1.96 bits per heavy atom. The summed E-state index contributed by atoms with van der Waals surface area (Å²) in [7, 11) is 0. The van der Waals surface area contributed by atoms with E-state index in [1.54, 1.807) is 23.5 Å². The van der Waals surface area contributed by atoms with Crippen molar-refractivity contribution in [2.24, 2.45) is 0 Å². The molecule has 2 aromatic heterocycles. The molecule has 0 aliphatic carbocycles. The summed E-state index contributed by atoms with van der Waals surface area (Å²) in [5, 5.41) is 7.57. The van der Waals surface area contributed by atoms with Crippen molar-refractivity contribution in [3.05, 3.63) is 59.4 Å². The van der Waals surface area contributed by atoms with Gasteiger partial charge in [0.25, 0.3) is 5.91 Å². The number of carbonyl (C=O) groups is 1. The third-order valence-corrected chi connectivity index (χ3v) is 3.70. The van der Waals surface area contributed by atoms with E-state index in [0.717, 1.165) is 5.56 Å². The highest BCUT2D eigenvalue weighted by atomic mass is 35.5. The summed E-state index contributed by atoms with van der Waals surface area (Å²) in [5.74, 6) is -0.0910. The third kappa shape index (κ3) is 3.80. The Labute approximate surface area is 144 Å². The van der Waals surface area contributed by atoms with Gasteiger partial charge in [-0.3, -0.25) is 10.1 Å². The topological polar surface area (TPSA) is 77.6 Å². The Morgan fingerprint density at radius 3 is 2.62 bits per heavy atom. The van der Waals surface area contributed by atoms with Gasteiger partial charge in [0.15, 0.2) is 0 Å². The minimum atomic E-state index is -0.335. The quantitative estimate of drug-likeness (QED) is 0.771. The average molecular weight is 345 g/mol. The second-order valence-electron chi connectivity index (χ2n) is 5.65. The number of carbonyl (C=O) groups excluding carboxylic acids is 1. The van der Waals surface area contributed by atoms with Crippen LogP contribution in [0.4, 0.5) is 5.95 Å². The van der Waals surface area contributed by atoms with Crippen LogP contribution in [0, 0.1) is 0 Å². The highest BCUT2D eigenvalue weighted by molar-refractivity contribution is 6.30. The molecule has 3 rings (SSSR count). The lowest BCUT2D eigenvalue weighted by Crippen LogP contribution is -2.14. The molecule has 124 valence electrons. The Kier molecular flexibility index (Phi) is 4.61. The van der Waals surface area contributed by atoms with Gasteiger partial charge < -0.3 is 4.57 Å². The maximum absolute atomic E-state index is 12.2. The number of hydrogen-bond acceptors (Lipinski definition) is 4. The predicted molar refractivity (Wildman–Crippen MR) is 91.1 cm³/mol. The zero-order valence-electron chi connectivity index (χ0n) is 13.3. The van der Waals surface area contributed by atoms with E-state index in [4.69, 9.17) is 11.6 Å². The predicted octanol–water partition coefficient (Wildman–Crippen LogP) is 3.01. The van der Waals surface area contributed by atoms with Crippen molar-refractivity contribution in [3.8, 4) is 0 Å². The van der Waals surface area contributed by atoms with Gasteiger partial charge in [0.2, 0.25) is 5.95 Å². The standard InChI is InChI=1S/C16H17ClN6O/c1-11(2)22-8-14(18-9-22)15(24)20-16-19-10-23(21-16)7-12-3-5-13(17)6-4-12/h3-6,8-11H,7H2,1-2H3,(H,20,21,24). The molecule has 0 unspecified atom stereocenters. The molecule has 2 heterocycles. The van der Waals surface area contributed by atoms with E-state index in [2.05, 4.69) is 20.4 Å². The van der Waals surface area contributed by atoms with Gasteiger partial charge in [0.05, 0.1) is 12.9 Å². The van der Waals surface area contributed by atoms with E-state index in [0.29, 0.717) is 17.3 Å². The van der Waals surface area contributed by atoms with Crippen LogP contribution in [0.3, 0.4) is 0 Å².